The van der Waals surface area contributed by atoms with Crippen molar-refractivity contribution in [3.8, 4) is 0 Å². The van der Waals surface area contributed by atoms with E-state index in [1.54, 1.807) is 36.7 Å². The topological polar surface area (TPSA) is 70.1 Å². The zero-order valence-corrected chi connectivity index (χ0v) is 20.3. The van der Waals surface area contributed by atoms with Gasteiger partial charge in [0.1, 0.15) is 11.5 Å². The summed E-state index contributed by atoms with van der Waals surface area (Å²) in [4.78, 5) is 13.4. The minimum Gasteiger partial charge on any atom is -0.357 e. The Morgan fingerprint density at radius 1 is 1.28 bits per heavy atom. The molecular formula is C26H27F3N6O. The molecule has 2 aromatic heterocycles. The molecule has 0 saturated heterocycles. The van der Waals surface area contributed by atoms with Gasteiger partial charge in [0.25, 0.3) is 0 Å². The maximum atomic E-state index is 15.3. The van der Waals surface area contributed by atoms with Crippen LogP contribution in [-0.2, 0) is 16.5 Å². The molecule has 3 unspecified atom stereocenters. The van der Waals surface area contributed by atoms with Crippen LogP contribution >= 0.6 is 0 Å². The molecule has 7 nitrogen and oxygen atoms in total. The van der Waals surface area contributed by atoms with Gasteiger partial charge in [0, 0.05) is 25.6 Å². The molecule has 0 saturated carbocycles. The molecule has 4 heterocycles. The van der Waals surface area contributed by atoms with E-state index in [4.69, 9.17) is 4.74 Å². The number of imidazole rings is 1. The highest BCUT2D eigenvalue weighted by Crippen LogP contribution is 2.44. The van der Waals surface area contributed by atoms with Crippen LogP contribution in [-0.4, -0.2) is 43.4 Å². The molecule has 0 aliphatic carbocycles. The number of hydrogen-bond acceptors (Lipinski definition) is 5. The fraction of sp³-hybridized carbons (Fsp3) is 0.385. The number of halogens is 3. The van der Waals surface area contributed by atoms with Crippen molar-refractivity contribution in [2.45, 2.75) is 56.6 Å². The van der Waals surface area contributed by atoms with Crippen molar-refractivity contribution in [1.82, 2.24) is 24.3 Å². The van der Waals surface area contributed by atoms with Crippen LogP contribution in [0.2, 0.25) is 0 Å². The second-order valence-electron chi connectivity index (χ2n) is 9.28. The lowest BCUT2D eigenvalue weighted by molar-refractivity contribution is -0.114. The molecule has 4 atom stereocenters. The summed E-state index contributed by atoms with van der Waals surface area (Å²) < 4.78 is 53.4. The van der Waals surface area contributed by atoms with Gasteiger partial charge in [-0.1, -0.05) is 43.0 Å². The van der Waals surface area contributed by atoms with Gasteiger partial charge in [-0.25, -0.2) is 19.4 Å². The van der Waals surface area contributed by atoms with Gasteiger partial charge < -0.3 is 9.30 Å². The average molecular weight is 497 g/mol. The number of dihydropyridines is 1. The fourth-order valence-electron chi connectivity index (χ4n) is 4.82. The van der Waals surface area contributed by atoms with Crippen molar-refractivity contribution in [3.63, 3.8) is 0 Å². The molecule has 36 heavy (non-hydrogen) atoms. The molecule has 0 bridgehead atoms. The molecule has 2 aliphatic rings. The number of benzene rings is 1. The monoisotopic (exact) mass is 496 g/mol. The van der Waals surface area contributed by atoms with E-state index in [1.807, 2.05) is 23.8 Å². The first kappa shape index (κ1) is 24.2. The van der Waals surface area contributed by atoms with E-state index in [-0.39, 0.29) is 24.1 Å². The molecule has 188 valence electrons. The summed E-state index contributed by atoms with van der Waals surface area (Å²) in [7, 11) is 1.53. The van der Waals surface area contributed by atoms with Gasteiger partial charge in [0.15, 0.2) is 17.7 Å². The van der Waals surface area contributed by atoms with Crippen LogP contribution in [0.4, 0.5) is 13.2 Å². The highest BCUT2D eigenvalue weighted by Gasteiger charge is 2.45. The quantitative estimate of drug-likeness (QED) is 0.440. The summed E-state index contributed by atoms with van der Waals surface area (Å²) in [5, 5.41) is 4.17. The van der Waals surface area contributed by atoms with Crippen molar-refractivity contribution in [2.75, 3.05) is 7.11 Å². The number of methoxy groups -OCH3 is 1. The second kappa shape index (κ2) is 8.85. The lowest BCUT2D eigenvalue weighted by Gasteiger charge is -2.31. The van der Waals surface area contributed by atoms with Gasteiger partial charge in [0.05, 0.1) is 18.1 Å². The maximum absolute atomic E-state index is 15.3. The number of alkyl halides is 3. The van der Waals surface area contributed by atoms with Crippen LogP contribution in [0.1, 0.15) is 60.2 Å². The largest absolute Gasteiger partial charge is 0.357 e. The number of aliphatic imine (C=N–C) groups is 1. The van der Waals surface area contributed by atoms with Crippen LogP contribution < -0.4 is 0 Å². The predicted octanol–water partition coefficient (Wildman–Crippen LogP) is 5.20. The molecule has 10 heteroatoms. The normalized spacial score (nSPS) is 24.6. The number of nitrogens with zero attached hydrogens (tertiary/aromatic N) is 6. The van der Waals surface area contributed by atoms with Crippen molar-refractivity contribution < 1.29 is 17.9 Å². The lowest BCUT2D eigenvalue weighted by atomic mass is 9.82. The van der Waals surface area contributed by atoms with Gasteiger partial charge in [0.2, 0.25) is 0 Å². The third-order valence-corrected chi connectivity index (χ3v) is 6.79. The van der Waals surface area contributed by atoms with E-state index in [2.05, 4.69) is 26.6 Å². The summed E-state index contributed by atoms with van der Waals surface area (Å²) in [6.45, 7) is 6.89. The van der Waals surface area contributed by atoms with E-state index in [1.165, 1.54) is 20.1 Å². The van der Waals surface area contributed by atoms with Crippen molar-refractivity contribution in [2.24, 2.45) is 4.99 Å². The number of hydrogen-bond donors (Lipinski definition) is 0. The molecule has 0 fully saturated rings. The number of allylic oxidation sites excluding steroid dienone is 2. The Hall–Kier alpha value is -3.53. The van der Waals surface area contributed by atoms with Crippen LogP contribution in [0.3, 0.4) is 0 Å². The molecule has 5 rings (SSSR count). The standard InChI is InChI=1S/C26H27F3N6O/c1-5-25(3,27)19-9-7-6-8-17(19)18-12-13-26(28,29)35-23(18)32-22(33-35)20-10-11-21(24(31-20)36-4)34-14-16(2)30-15-34/h5-11,14-15,18,21,24H,1,12-13H2,2-4H3/t18-,21?,24?,25?/m0/s1. The Kier molecular flexibility index (Phi) is 5.94. The molecule has 1 aromatic carbocycles. The van der Waals surface area contributed by atoms with Crippen molar-refractivity contribution >= 4 is 5.71 Å². The Morgan fingerprint density at radius 2 is 2.06 bits per heavy atom. The average Bonchev–Trinajstić information content (AvgIpc) is 3.51. The van der Waals surface area contributed by atoms with E-state index >= 15 is 4.39 Å². The highest BCUT2D eigenvalue weighted by molar-refractivity contribution is 6.06. The van der Waals surface area contributed by atoms with E-state index in [0.29, 0.717) is 21.5 Å². The number of aromatic nitrogens is 5. The molecule has 0 radical (unpaired) electrons. The summed E-state index contributed by atoms with van der Waals surface area (Å²) in [6, 6.07) is 3.42. The molecular weight excluding hydrogens is 469 g/mol. The summed E-state index contributed by atoms with van der Waals surface area (Å²) in [6.07, 6.45) is 7.38. The number of aryl methyl sites for hydroxylation is 1. The zero-order chi connectivity index (χ0) is 25.7. The number of ether oxygens (including phenoxy) is 1. The van der Waals surface area contributed by atoms with Gasteiger partial charge >= 0.3 is 6.05 Å². The lowest BCUT2D eigenvalue weighted by Crippen LogP contribution is -2.33. The second-order valence-corrected chi connectivity index (χ2v) is 9.28. The van der Waals surface area contributed by atoms with Crippen LogP contribution in [0, 0.1) is 6.92 Å². The number of fused-ring (bicyclic) bond motifs is 1. The minimum absolute atomic E-state index is 0.0688. The number of rotatable bonds is 6. The van der Waals surface area contributed by atoms with Crippen LogP contribution in [0.15, 0.2) is 66.6 Å². The first-order chi connectivity index (χ1) is 17.1. The van der Waals surface area contributed by atoms with E-state index in [9.17, 15) is 8.78 Å². The molecule has 3 aromatic rings. The Bertz CT molecular complexity index is 1360. The Morgan fingerprint density at radius 3 is 2.75 bits per heavy atom. The van der Waals surface area contributed by atoms with Crippen molar-refractivity contribution in [3.05, 3.63) is 90.1 Å². The van der Waals surface area contributed by atoms with Crippen molar-refractivity contribution in [1.29, 1.82) is 0 Å². The first-order valence-electron chi connectivity index (χ1n) is 11.7. The van der Waals surface area contributed by atoms with E-state index in [0.717, 1.165) is 5.69 Å². The maximum Gasteiger partial charge on any atom is 0.345 e. The summed E-state index contributed by atoms with van der Waals surface area (Å²) in [5.41, 5.74) is 0.322. The molecule has 2 aliphatic heterocycles. The molecule has 0 N–H and O–H groups in total. The minimum atomic E-state index is -3.22. The smallest absolute Gasteiger partial charge is 0.345 e. The fourth-order valence-corrected chi connectivity index (χ4v) is 4.82. The molecule has 0 spiro atoms. The van der Waals surface area contributed by atoms with E-state index < -0.39 is 30.3 Å². The third-order valence-electron chi connectivity index (χ3n) is 6.79. The van der Waals surface area contributed by atoms with Gasteiger partial charge in [-0.15, -0.1) is 5.10 Å². The summed E-state index contributed by atoms with van der Waals surface area (Å²) >= 11 is 0. The van der Waals surface area contributed by atoms with Crippen LogP contribution in [0.5, 0.6) is 0 Å². The first-order valence-corrected chi connectivity index (χ1v) is 11.7. The van der Waals surface area contributed by atoms with Gasteiger partial charge in [-0.2, -0.15) is 13.5 Å². The SMILES string of the molecule is C=CC(C)(F)c1ccccc1[C@@H]1CCC(F)(F)n2nc(C3=NC(OC)C(n4cnc(C)c4)C=C3)nc21. The van der Waals surface area contributed by atoms with Gasteiger partial charge in [-0.3, -0.25) is 0 Å². The Labute approximate surface area is 207 Å². The molecule has 0 amide bonds. The third kappa shape index (κ3) is 4.09. The van der Waals surface area contributed by atoms with Crippen LogP contribution in [0.25, 0.3) is 0 Å². The Balaban J connectivity index is 1.55. The van der Waals surface area contributed by atoms with Gasteiger partial charge in [-0.05, 0) is 37.5 Å². The highest BCUT2D eigenvalue weighted by atomic mass is 19.3. The zero-order valence-electron chi connectivity index (χ0n) is 20.3. The summed E-state index contributed by atoms with van der Waals surface area (Å²) in [5.74, 6) is -0.421. The predicted molar refractivity (Wildman–Crippen MR) is 129 cm³/mol.